The smallest absolute Gasteiger partial charge is 0.272 e. The normalized spacial score (nSPS) is 14.1. The Kier molecular flexibility index (Phi) is 6.68. The number of nitrogens with zero attached hydrogens (tertiary/aromatic N) is 4. The zero-order chi connectivity index (χ0) is 19.9. The number of benzene rings is 1. The summed E-state index contributed by atoms with van der Waals surface area (Å²) in [6, 6.07) is 9.80. The van der Waals surface area contributed by atoms with E-state index >= 15 is 0 Å². The Bertz CT molecular complexity index is 786. The Hall–Kier alpha value is -2.83. The van der Waals surface area contributed by atoms with Gasteiger partial charge in [-0.05, 0) is 37.6 Å². The molecule has 1 aliphatic heterocycles. The van der Waals surface area contributed by atoms with Crippen LogP contribution in [0, 0.1) is 6.92 Å². The maximum absolute atomic E-state index is 12.9. The van der Waals surface area contributed by atoms with E-state index in [4.69, 9.17) is 4.74 Å². The van der Waals surface area contributed by atoms with Crippen molar-refractivity contribution in [2.75, 3.05) is 50.1 Å². The zero-order valence-corrected chi connectivity index (χ0v) is 16.9. The van der Waals surface area contributed by atoms with E-state index in [0.29, 0.717) is 24.6 Å². The number of carbonyl (C=O) groups excluding carboxylic acids is 1. The Morgan fingerprint density at radius 3 is 2.50 bits per heavy atom. The fraction of sp³-hybridized carbons (Fsp3) is 0.476. The molecule has 1 aromatic heterocycles. The third-order valence-electron chi connectivity index (χ3n) is 4.90. The van der Waals surface area contributed by atoms with Gasteiger partial charge in [-0.3, -0.25) is 4.79 Å². The lowest BCUT2D eigenvalue weighted by atomic mass is 10.2. The summed E-state index contributed by atoms with van der Waals surface area (Å²) in [5.74, 6) is 2.15. The van der Waals surface area contributed by atoms with Crippen LogP contribution in [0.4, 0.5) is 11.5 Å². The predicted molar refractivity (Wildman–Crippen MR) is 111 cm³/mol. The van der Waals surface area contributed by atoms with Crippen molar-refractivity contribution < 1.29 is 9.53 Å². The lowest BCUT2D eigenvalue weighted by Crippen LogP contribution is -2.49. The predicted octanol–water partition coefficient (Wildman–Crippen LogP) is 2.97. The Morgan fingerprint density at radius 2 is 1.86 bits per heavy atom. The van der Waals surface area contributed by atoms with E-state index in [1.165, 1.54) is 0 Å². The van der Waals surface area contributed by atoms with Gasteiger partial charge in [-0.15, -0.1) is 0 Å². The van der Waals surface area contributed by atoms with Crippen LogP contribution in [0.2, 0.25) is 0 Å². The number of hydrogen-bond acceptors (Lipinski definition) is 6. The van der Waals surface area contributed by atoms with Gasteiger partial charge in [-0.2, -0.15) is 0 Å². The number of nitrogens with one attached hydrogen (secondary N) is 1. The van der Waals surface area contributed by atoms with Gasteiger partial charge in [0.1, 0.15) is 23.1 Å². The summed E-state index contributed by atoms with van der Waals surface area (Å²) in [6.07, 6.45) is 2.18. The topological polar surface area (TPSA) is 70.6 Å². The summed E-state index contributed by atoms with van der Waals surface area (Å²) in [7, 11) is 1.67. The van der Waals surface area contributed by atoms with Crippen molar-refractivity contribution in [2.45, 2.75) is 26.7 Å². The number of ether oxygens (including phenoxy) is 1. The number of piperazine rings is 1. The molecular formula is C21H29N5O2. The molecule has 1 aromatic carbocycles. The summed E-state index contributed by atoms with van der Waals surface area (Å²) < 4.78 is 5.22. The monoisotopic (exact) mass is 383 g/mol. The van der Waals surface area contributed by atoms with Gasteiger partial charge in [0.05, 0.1) is 7.11 Å². The molecule has 0 atom stereocenters. The van der Waals surface area contributed by atoms with Crippen molar-refractivity contribution in [3.63, 3.8) is 0 Å². The van der Waals surface area contributed by atoms with Crippen LogP contribution in [0.5, 0.6) is 5.75 Å². The third-order valence-corrected chi connectivity index (χ3v) is 4.90. The van der Waals surface area contributed by atoms with Gasteiger partial charge in [0.15, 0.2) is 0 Å². The molecule has 1 N–H and O–H groups in total. The standard InChI is InChI=1S/C21H29N5O2/c1-4-5-10-22-20-15-19(23-16(2)24-20)21(27)26-13-11-25(12-14-26)17-6-8-18(28-3)9-7-17/h6-9,15H,4-5,10-14H2,1-3H3,(H,22,23,24). The van der Waals surface area contributed by atoms with Crippen LogP contribution in [0.25, 0.3) is 0 Å². The molecule has 2 aromatic rings. The second-order valence-electron chi connectivity index (χ2n) is 6.94. The fourth-order valence-corrected chi connectivity index (χ4v) is 3.28. The maximum Gasteiger partial charge on any atom is 0.272 e. The van der Waals surface area contributed by atoms with Crippen LogP contribution in [-0.2, 0) is 0 Å². The molecule has 7 heteroatoms. The minimum absolute atomic E-state index is 0.0292. The molecule has 2 heterocycles. The van der Waals surface area contributed by atoms with Gasteiger partial charge < -0.3 is 19.9 Å². The minimum atomic E-state index is -0.0292. The van der Waals surface area contributed by atoms with Crippen LogP contribution in [0.15, 0.2) is 30.3 Å². The highest BCUT2D eigenvalue weighted by Crippen LogP contribution is 2.21. The molecule has 1 amide bonds. The molecule has 1 saturated heterocycles. The minimum Gasteiger partial charge on any atom is -0.497 e. The lowest BCUT2D eigenvalue weighted by Gasteiger charge is -2.36. The molecule has 3 rings (SSSR count). The quantitative estimate of drug-likeness (QED) is 0.741. The first kappa shape index (κ1) is 19.9. The number of aromatic nitrogens is 2. The second-order valence-corrected chi connectivity index (χ2v) is 6.94. The van der Waals surface area contributed by atoms with Gasteiger partial charge in [-0.1, -0.05) is 13.3 Å². The molecule has 0 spiro atoms. The number of methoxy groups -OCH3 is 1. The second kappa shape index (κ2) is 9.39. The average Bonchev–Trinajstić information content (AvgIpc) is 2.73. The van der Waals surface area contributed by atoms with E-state index in [9.17, 15) is 4.79 Å². The summed E-state index contributed by atoms with van der Waals surface area (Å²) in [5, 5.41) is 3.28. The lowest BCUT2D eigenvalue weighted by molar-refractivity contribution is 0.0740. The zero-order valence-electron chi connectivity index (χ0n) is 16.9. The van der Waals surface area contributed by atoms with Gasteiger partial charge >= 0.3 is 0 Å². The first-order valence-corrected chi connectivity index (χ1v) is 9.88. The SMILES string of the molecule is CCCCNc1cc(C(=O)N2CCN(c3ccc(OC)cc3)CC2)nc(C)n1. The molecule has 7 nitrogen and oxygen atoms in total. The number of aryl methyl sites for hydroxylation is 1. The number of unbranched alkanes of at least 4 members (excludes halogenated alkanes) is 1. The Balaban J connectivity index is 1.61. The Morgan fingerprint density at radius 1 is 1.14 bits per heavy atom. The number of amides is 1. The highest BCUT2D eigenvalue weighted by atomic mass is 16.5. The number of anilines is 2. The molecule has 1 fully saturated rings. The highest BCUT2D eigenvalue weighted by molar-refractivity contribution is 5.93. The van der Waals surface area contributed by atoms with E-state index in [0.717, 1.165) is 49.7 Å². The summed E-state index contributed by atoms with van der Waals surface area (Å²) >= 11 is 0. The Labute approximate surface area is 166 Å². The summed E-state index contributed by atoms with van der Waals surface area (Å²) in [5.41, 5.74) is 1.61. The van der Waals surface area contributed by atoms with Crippen LogP contribution in [0.1, 0.15) is 36.1 Å². The molecule has 0 radical (unpaired) electrons. The molecule has 28 heavy (non-hydrogen) atoms. The molecule has 150 valence electrons. The highest BCUT2D eigenvalue weighted by Gasteiger charge is 2.24. The summed E-state index contributed by atoms with van der Waals surface area (Å²) in [6.45, 7) is 7.75. The van der Waals surface area contributed by atoms with Gasteiger partial charge in [0.2, 0.25) is 0 Å². The summed E-state index contributed by atoms with van der Waals surface area (Å²) in [4.78, 5) is 25.8. The van der Waals surface area contributed by atoms with Crippen molar-refractivity contribution in [3.8, 4) is 5.75 Å². The van der Waals surface area contributed by atoms with Crippen LogP contribution in [0.3, 0.4) is 0 Å². The van der Waals surface area contributed by atoms with Crippen LogP contribution < -0.4 is 15.0 Å². The first-order chi connectivity index (χ1) is 13.6. The number of hydrogen-bond donors (Lipinski definition) is 1. The first-order valence-electron chi connectivity index (χ1n) is 9.88. The van der Waals surface area contributed by atoms with Crippen molar-refractivity contribution in [2.24, 2.45) is 0 Å². The third kappa shape index (κ3) is 4.91. The van der Waals surface area contributed by atoms with Gasteiger partial charge in [-0.25, -0.2) is 9.97 Å². The van der Waals surface area contributed by atoms with Gasteiger partial charge in [0.25, 0.3) is 5.91 Å². The van der Waals surface area contributed by atoms with E-state index in [1.54, 1.807) is 13.2 Å². The number of carbonyl (C=O) groups is 1. The molecule has 0 aliphatic carbocycles. The molecular weight excluding hydrogens is 354 g/mol. The van der Waals surface area contributed by atoms with Crippen molar-refractivity contribution in [1.82, 2.24) is 14.9 Å². The van der Waals surface area contributed by atoms with E-state index in [-0.39, 0.29) is 5.91 Å². The van der Waals surface area contributed by atoms with Crippen molar-refractivity contribution in [1.29, 1.82) is 0 Å². The molecule has 1 aliphatic rings. The largest absolute Gasteiger partial charge is 0.497 e. The van der Waals surface area contributed by atoms with E-state index in [1.807, 2.05) is 24.0 Å². The fourth-order valence-electron chi connectivity index (χ4n) is 3.28. The molecule has 0 unspecified atom stereocenters. The van der Waals surface area contributed by atoms with Crippen molar-refractivity contribution in [3.05, 3.63) is 41.9 Å². The average molecular weight is 383 g/mol. The number of rotatable bonds is 7. The van der Waals surface area contributed by atoms with Gasteiger partial charge in [0, 0.05) is 44.5 Å². The molecule has 0 saturated carbocycles. The van der Waals surface area contributed by atoms with E-state index in [2.05, 4.69) is 39.2 Å². The van der Waals surface area contributed by atoms with Crippen LogP contribution >= 0.6 is 0 Å². The van der Waals surface area contributed by atoms with Crippen LogP contribution in [-0.4, -0.2) is 60.6 Å². The van der Waals surface area contributed by atoms with E-state index < -0.39 is 0 Å². The maximum atomic E-state index is 12.9. The molecule has 0 bridgehead atoms. The van der Waals surface area contributed by atoms with Crippen molar-refractivity contribution >= 4 is 17.4 Å².